The molecule has 0 saturated carbocycles. The molecule has 110 valence electrons. The van der Waals surface area contributed by atoms with Crippen molar-refractivity contribution < 1.29 is 9.72 Å². The van der Waals surface area contributed by atoms with Gasteiger partial charge < -0.3 is 9.80 Å². The fraction of sp³-hybridized carbons (Fsp3) is 0.462. The van der Waals surface area contributed by atoms with Crippen LogP contribution in [0.15, 0.2) is 22.7 Å². The van der Waals surface area contributed by atoms with E-state index < -0.39 is 4.92 Å². The molecule has 1 amide bonds. The molecule has 7 heteroatoms. The largest absolute Gasteiger partial charge is 0.342 e. The summed E-state index contributed by atoms with van der Waals surface area (Å²) in [4.78, 5) is 26.2. The number of benzene rings is 1. The van der Waals surface area contributed by atoms with Gasteiger partial charge in [-0.05, 0) is 49.1 Å². The highest BCUT2D eigenvalue weighted by atomic mass is 79.9. The fourth-order valence-corrected chi connectivity index (χ4v) is 2.14. The van der Waals surface area contributed by atoms with Crippen LogP contribution in [-0.2, 0) is 0 Å². The van der Waals surface area contributed by atoms with Gasteiger partial charge in [0.15, 0.2) is 0 Å². The molecule has 0 radical (unpaired) electrons. The van der Waals surface area contributed by atoms with Crippen molar-refractivity contribution in [2.45, 2.75) is 6.42 Å². The molecule has 0 spiro atoms. The molecule has 0 unspecified atom stereocenters. The molecule has 1 aromatic carbocycles. The van der Waals surface area contributed by atoms with Gasteiger partial charge in [0.05, 0.1) is 10.5 Å². The van der Waals surface area contributed by atoms with Crippen molar-refractivity contribution in [2.75, 3.05) is 34.2 Å². The number of non-ortho nitro benzene ring substituents is 1. The van der Waals surface area contributed by atoms with Crippen LogP contribution in [0.1, 0.15) is 16.8 Å². The quantitative estimate of drug-likeness (QED) is 0.587. The molecular formula is C13H18BrN3O3. The molecule has 0 atom stereocenters. The van der Waals surface area contributed by atoms with Gasteiger partial charge in [0.1, 0.15) is 0 Å². The van der Waals surface area contributed by atoms with E-state index in [1.807, 2.05) is 19.0 Å². The summed E-state index contributed by atoms with van der Waals surface area (Å²) < 4.78 is 0.563. The molecule has 0 bridgehead atoms. The third-order valence-electron chi connectivity index (χ3n) is 2.84. The Morgan fingerprint density at radius 1 is 1.30 bits per heavy atom. The first-order chi connectivity index (χ1) is 9.32. The van der Waals surface area contributed by atoms with Crippen LogP contribution in [0.2, 0.25) is 0 Å². The lowest BCUT2D eigenvalue weighted by Crippen LogP contribution is -2.30. The van der Waals surface area contributed by atoms with Crippen LogP contribution < -0.4 is 0 Å². The van der Waals surface area contributed by atoms with Gasteiger partial charge in [-0.3, -0.25) is 14.9 Å². The standard InChI is InChI=1S/C13H18BrN3O3/c1-15(2)7-4-8-16(3)13(18)11-9-10(17(19)20)5-6-12(11)14/h5-6,9H,4,7-8H2,1-3H3. The van der Waals surface area contributed by atoms with E-state index in [0.29, 0.717) is 16.6 Å². The number of nitro benzene ring substituents is 1. The second kappa shape index (κ2) is 7.35. The topological polar surface area (TPSA) is 66.7 Å². The Morgan fingerprint density at radius 2 is 1.95 bits per heavy atom. The summed E-state index contributed by atoms with van der Waals surface area (Å²) in [7, 11) is 5.64. The predicted octanol–water partition coefficient (Wildman–Crippen LogP) is 2.38. The lowest BCUT2D eigenvalue weighted by molar-refractivity contribution is -0.384. The van der Waals surface area contributed by atoms with Crippen LogP contribution in [0.3, 0.4) is 0 Å². The molecule has 0 fully saturated rings. The average molecular weight is 344 g/mol. The molecule has 0 aliphatic carbocycles. The van der Waals surface area contributed by atoms with E-state index in [9.17, 15) is 14.9 Å². The van der Waals surface area contributed by atoms with E-state index in [0.717, 1.165) is 13.0 Å². The van der Waals surface area contributed by atoms with E-state index >= 15 is 0 Å². The summed E-state index contributed by atoms with van der Waals surface area (Å²) in [5, 5.41) is 10.8. The van der Waals surface area contributed by atoms with Crippen molar-refractivity contribution in [3.05, 3.63) is 38.3 Å². The lowest BCUT2D eigenvalue weighted by atomic mass is 10.1. The van der Waals surface area contributed by atoms with Crippen molar-refractivity contribution in [3.8, 4) is 0 Å². The Labute approximate surface area is 126 Å². The molecule has 0 heterocycles. The van der Waals surface area contributed by atoms with Crippen molar-refractivity contribution >= 4 is 27.5 Å². The Hall–Kier alpha value is -1.47. The van der Waals surface area contributed by atoms with Gasteiger partial charge in [0.25, 0.3) is 11.6 Å². The van der Waals surface area contributed by atoms with Crippen molar-refractivity contribution in [1.82, 2.24) is 9.80 Å². The number of nitro groups is 1. The van der Waals surface area contributed by atoms with Crippen LogP contribution in [0.5, 0.6) is 0 Å². The zero-order chi connectivity index (χ0) is 15.3. The second-order valence-electron chi connectivity index (χ2n) is 4.80. The van der Waals surface area contributed by atoms with Gasteiger partial charge in [-0.2, -0.15) is 0 Å². The Bertz CT molecular complexity index is 506. The van der Waals surface area contributed by atoms with Gasteiger partial charge in [0, 0.05) is 30.2 Å². The van der Waals surface area contributed by atoms with Crippen LogP contribution in [0.4, 0.5) is 5.69 Å². The van der Waals surface area contributed by atoms with E-state index in [4.69, 9.17) is 0 Å². The summed E-state index contributed by atoms with van der Waals surface area (Å²) in [6.45, 7) is 1.49. The summed E-state index contributed by atoms with van der Waals surface area (Å²) >= 11 is 3.26. The predicted molar refractivity (Wildman–Crippen MR) is 80.9 cm³/mol. The third-order valence-corrected chi connectivity index (χ3v) is 3.53. The molecule has 0 aromatic heterocycles. The monoisotopic (exact) mass is 343 g/mol. The van der Waals surface area contributed by atoms with E-state index in [1.165, 1.54) is 18.2 Å². The maximum atomic E-state index is 12.3. The summed E-state index contributed by atoms with van der Waals surface area (Å²) in [6, 6.07) is 4.20. The number of rotatable bonds is 6. The van der Waals surface area contributed by atoms with Gasteiger partial charge >= 0.3 is 0 Å². The van der Waals surface area contributed by atoms with Crippen LogP contribution in [0.25, 0.3) is 0 Å². The number of hydrogen-bond acceptors (Lipinski definition) is 4. The Kier molecular flexibility index (Phi) is 6.09. The summed E-state index contributed by atoms with van der Waals surface area (Å²) in [5.41, 5.74) is 0.227. The molecule has 1 aromatic rings. The highest BCUT2D eigenvalue weighted by Crippen LogP contribution is 2.23. The summed E-state index contributed by atoms with van der Waals surface area (Å²) in [6.07, 6.45) is 0.849. The number of carbonyl (C=O) groups is 1. The molecule has 6 nitrogen and oxygen atoms in total. The van der Waals surface area contributed by atoms with Crippen LogP contribution in [0, 0.1) is 10.1 Å². The number of nitrogens with zero attached hydrogens (tertiary/aromatic N) is 3. The normalized spacial score (nSPS) is 10.7. The van der Waals surface area contributed by atoms with Crippen molar-refractivity contribution in [1.29, 1.82) is 0 Å². The molecule has 0 N–H and O–H groups in total. The Balaban J connectivity index is 2.80. The molecular weight excluding hydrogens is 326 g/mol. The minimum Gasteiger partial charge on any atom is -0.342 e. The first-order valence-corrected chi connectivity index (χ1v) is 6.96. The zero-order valence-corrected chi connectivity index (χ0v) is 13.4. The van der Waals surface area contributed by atoms with Crippen molar-refractivity contribution in [2.24, 2.45) is 0 Å². The first-order valence-electron chi connectivity index (χ1n) is 6.17. The highest BCUT2D eigenvalue weighted by Gasteiger charge is 2.18. The molecule has 0 aliphatic rings. The van der Waals surface area contributed by atoms with Gasteiger partial charge in [-0.25, -0.2) is 0 Å². The minimum absolute atomic E-state index is 0.0850. The van der Waals surface area contributed by atoms with Gasteiger partial charge in [0.2, 0.25) is 0 Å². The van der Waals surface area contributed by atoms with Crippen LogP contribution in [-0.4, -0.2) is 54.9 Å². The van der Waals surface area contributed by atoms with E-state index in [-0.39, 0.29) is 11.6 Å². The van der Waals surface area contributed by atoms with Gasteiger partial charge in [-0.1, -0.05) is 0 Å². The Morgan fingerprint density at radius 3 is 2.50 bits per heavy atom. The maximum absolute atomic E-state index is 12.3. The van der Waals surface area contributed by atoms with E-state index in [1.54, 1.807) is 11.9 Å². The number of halogens is 1. The average Bonchev–Trinajstić information content (AvgIpc) is 2.37. The molecule has 0 saturated heterocycles. The van der Waals surface area contributed by atoms with Crippen molar-refractivity contribution in [3.63, 3.8) is 0 Å². The minimum atomic E-state index is -0.505. The smallest absolute Gasteiger partial charge is 0.270 e. The number of hydrogen-bond donors (Lipinski definition) is 0. The second-order valence-corrected chi connectivity index (χ2v) is 5.66. The molecule has 0 aliphatic heterocycles. The molecule has 20 heavy (non-hydrogen) atoms. The highest BCUT2D eigenvalue weighted by molar-refractivity contribution is 9.10. The van der Waals surface area contributed by atoms with Crippen LogP contribution >= 0.6 is 15.9 Å². The maximum Gasteiger partial charge on any atom is 0.270 e. The number of carbonyl (C=O) groups excluding carboxylic acids is 1. The first kappa shape index (κ1) is 16.6. The zero-order valence-electron chi connectivity index (χ0n) is 11.8. The van der Waals surface area contributed by atoms with E-state index in [2.05, 4.69) is 15.9 Å². The number of amides is 1. The molecule has 1 rings (SSSR count). The summed E-state index contributed by atoms with van der Waals surface area (Å²) in [5.74, 6) is -0.223. The SMILES string of the molecule is CN(C)CCCN(C)C(=O)c1cc([N+](=O)[O-])ccc1Br. The fourth-order valence-electron chi connectivity index (χ4n) is 1.72. The lowest BCUT2D eigenvalue weighted by Gasteiger charge is -2.19. The van der Waals surface area contributed by atoms with Gasteiger partial charge in [-0.15, -0.1) is 0 Å². The third kappa shape index (κ3) is 4.57.